The second kappa shape index (κ2) is 9.20. The van der Waals surface area contributed by atoms with Crippen LogP contribution in [0.1, 0.15) is 31.2 Å². The molecule has 1 saturated carbocycles. The number of rotatable bonds is 5. The van der Waals surface area contributed by atoms with Gasteiger partial charge in [0.15, 0.2) is 17.5 Å². The number of aromatic amines is 1. The molecular formula is C22H24ClF3N6O. The Labute approximate surface area is 193 Å². The van der Waals surface area contributed by atoms with E-state index in [1.54, 1.807) is 0 Å². The maximum Gasteiger partial charge on any atom is 0.201 e. The first-order chi connectivity index (χ1) is 15.7. The van der Waals surface area contributed by atoms with Crippen LogP contribution in [0, 0.1) is 22.9 Å². The molecule has 0 aliphatic heterocycles. The number of hydroxylamine groups is 1. The number of halogens is 4. The van der Waals surface area contributed by atoms with Crippen molar-refractivity contribution in [3.05, 3.63) is 52.3 Å². The smallest absolute Gasteiger partial charge is 0.201 e. The summed E-state index contributed by atoms with van der Waals surface area (Å²) >= 11 is 5.76. The number of anilines is 2. The van der Waals surface area contributed by atoms with Gasteiger partial charge in [-0.1, -0.05) is 11.6 Å². The number of imidazole rings is 1. The van der Waals surface area contributed by atoms with E-state index in [2.05, 4.69) is 20.2 Å². The van der Waals surface area contributed by atoms with Gasteiger partial charge in [0.25, 0.3) is 0 Å². The van der Waals surface area contributed by atoms with E-state index in [0.29, 0.717) is 11.1 Å². The summed E-state index contributed by atoms with van der Waals surface area (Å²) in [7, 11) is 4.05. The summed E-state index contributed by atoms with van der Waals surface area (Å²) < 4.78 is 42.3. The molecule has 176 valence electrons. The monoisotopic (exact) mass is 480 g/mol. The zero-order valence-electron chi connectivity index (χ0n) is 18.1. The number of hydrogen-bond acceptors (Lipinski definition) is 5. The van der Waals surface area contributed by atoms with Gasteiger partial charge >= 0.3 is 0 Å². The lowest BCUT2D eigenvalue weighted by Gasteiger charge is -2.33. The molecule has 1 fully saturated rings. The molecule has 1 heterocycles. The molecule has 0 spiro atoms. The lowest BCUT2D eigenvalue weighted by Crippen LogP contribution is -2.38. The fourth-order valence-corrected chi connectivity index (χ4v) is 4.35. The molecule has 1 aliphatic carbocycles. The molecule has 7 nitrogen and oxygen atoms in total. The van der Waals surface area contributed by atoms with Crippen LogP contribution in [0.2, 0.25) is 5.02 Å². The number of amidine groups is 1. The number of H-pyrrole nitrogens is 1. The quantitative estimate of drug-likeness (QED) is 0.230. The molecule has 4 rings (SSSR count). The van der Waals surface area contributed by atoms with Gasteiger partial charge in [0.2, 0.25) is 5.95 Å². The molecule has 1 aliphatic rings. The van der Waals surface area contributed by atoms with Crippen molar-refractivity contribution < 1.29 is 18.4 Å². The third kappa shape index (κ3) is 4.64. The van der Waals surface area contributed by atoms with Crippen molar-refractivity contribution in [2.24, 2.45) is 0 Å². The van der Waals surface area contributed by atoms with Gasteiger partial charge in [-0.2, -0.15) is 0 Å². The van der Waals surface area contributed by atoms with E-state index < -0.39 is 23.3 Å². The highest BCUT2D eigenvalue weighted by Gasteiger charge is 2.26. The van der Waals surface area contributed by atoms with Gasteiger partial charge in [-0.05, 0) is 64.0 Å². The fourth-order valence-electron chi connectivity index (χ4n) is 4.17. The summed E-state index contributed by atoms with van der Waals surface area (Å²) in [6.45, 7) is 0. The predicted octanol–water partition coefficient (Wildman–Crippen LogP) is 5.14. The summed E-state index contributed by atoms with van der Waals surface area (Å²) in [6.07, 6.45) is 3.90. The minimum absolute atomic E-state index is 0.0147. The van der Waals surface area contributed by atoms with Gasteiger partial charge in [-0.15, -0.1) is 0 Å². The van der Waals surface area contributed by atoms with Crippen LogP contribution in [-0.2, 0) is 0 Å². The Morgan fingerprint density at radius 3 is 2.67 bits per heavy atom. The van der Waals surface area contributed by atoms with E-state index >= 15 is 0 Å². The van der Waals surface area contributed by atoms with Gasteiger partial charge in [0, 0.05) is 17.6 Å². The first kappa shape index (κ1) is 23.3. The Hall–Kier alpha value is -2.82. The van der Waals surface area contributed by atoms with E-state index in [-0.39, 0.29) is 39.3 Å². The normalized spacial score (nSPS) is 18.7. The number of aromatic nitrogens is 2. The van der Waals surface area contributed by atoms with E-state index in [1.165, 1.54) is 6.07 Å². The van der Waals surface area contributed by atoms with Crippen molar-refractivity contribution in [1.82, 2.24) is 14.9 Å². The first-order valence-electron chi connectivity index (χ1n) is 10.5. The number of nitrogens with zero attached hydrogens (tertiary/aromatic N) is 3. The Kier molecular flexibility index (Phi) is 6.51. The maximum absolute atomic E-state index is 14.5. The predicted molar refractivity (Wildman–Crippen MR) is 122 cm³/mol. The zero-order valence-corrected chi connectivity index (χ0v) is 18.8. The fraction of sp³-hybridized carbons (Fsp3) is 0.364. The van der Waals surface area contributed by atoms with Crippen LogP contribution < -0.4 is 10.4 Å². The Morgan fingerprint density at radius 1 is 1.21 bits per heavy atom. The molecule has 2 aromatic carbocycles. The molecule has 0 saturated heterocycles. The van der Waals surface area contributed by atoms with Crippen molar-refractivity contribution in [3.8, 4) is 0 Å². The molecule has 0 amide bonds. The Bertz CT molecular complexity index is 1200. The molecule has 1 aromatic heterocycles. The topological polar surface area (TPSA) is 91.3 Å². The van der Waals surface area contributed by atoms with Gasteiger partial charge in [0.05, 0.1) is 16.2 Å². The largest absolute Gasteiger partial charge is 0.353 e. The molecule has 4 N–H and O–H groups in total. The molecule has 3 aromatic rings. The molecule has 2 atom stereocenters. The summed E-state index contributed by atoms with van der Waals surface area (Å²) in [5.74, 6) is -3.38. The van der Waals surface area contributed by atoms with Crippen LogP contribution in [0.15, 0.2) is 24.3 Å². The maximum atomic E-state index is 14.5. The highest BCUT2D eigenvalue weighted by atomic mass is 35.5. The minimum Gasteiger partial charge on any atom is -0.353 e. The Morgan fingerprint density at radius 2 is 1.97 bits per heavy atom. The Balaban J connectivity index is 1.66. The van der Waals surface area contributed by atoms with Crippen molar-refractivity contribution >= 4 is 40.1 Å². The highest BCUT2D eigenvalue weighted by Crippen LogP contribution is 2.29. The average molecular weight is 481 g/mol. The summed E-state index contributed by atoms with van der Waals surface area (Å²) in [4.78, 5) is 9.26. The second-order valence-corrected chi connectivity index (χ2v) is 8.82. The lowest BCUT2D eigenvalue weighted by atomic mass is 9.90. The number of nitrogens with one attached hydrogen (secondary N) is 3. The van der Waals surface area contributed by atoms with E-state index in [9.17, 15) is 18.4 Å². The van der Waals surface area contributed by atoms with Crippen LogP contribution in [0.4, 0.5) is 24.8 Å². The molecule has 0 bridgehead atoms. The van der Waals surface area contributed by atoms with Crippen LogP contribution in [0.3, 0.4) is 0 Å². The van der Waals surface area contributed by atoms with E-state index in [4.69, 9.17) is 17.0 Å². The zero-order chi connectivity index (χ0) is 23.9. The van der Waals surface area contributed by atoms with Crippen LogP contribution in [-0.4, -0.2) is 52.1 Å². The van der Waals surface area contributed by atoms with Crippen LogP contribution in [0.5, 0.6) is 0 Å². The summed E-state index contributed by atoms with van der Waals surface area (Å²) in [5.41, 5.74) is -0.377. The highest BCUT2D eigenvalue weighted by molar-refractivity contribution is 6.31. The average Bonchev–Trinajstić information content (AvgIpc) is 3.21. The molecule has 11 heteroatoms. The third-order valence-electron chi connectivity index (χ3n) is 5.99. The SMILES string of the molecule is CN(C)[C@H]1CCC[C@H](Nc2nc3c(F)c(F)cc(C(=N)N(O)c4ccc(F)c(Cl)c4)c3[nH]2)C1. The standard InChI is InChI=1S/C22H24ClF3N6O/c1-31(2)12-5-3-4-11(8-12)28-22-29-19-14(10-17(25)18(26)20(19)30-22)21(27)32(33)13-6-7-16(24)15(23)9-13/h6-7,9-12,27,33H,3-5,8H2,1-2H3,(H2,28,29,30)/t11-,12-/m0/s1. The number of hydrogen-bond donors (Lipinski definition) is 4. The van der Waals surface area contributed by atoms with Gasteiger partial charge < -0.3 is 15.2 Å². The number of fused-ring (bicyclic) bond motifs is 1. The second-order valence-electron chi connectivity index (χ2n) is 8.41. The van der Waals surface area contributed by atoms with Crippen molar-refractivity contribution in [2.45, 2.75) is 37.8 Å². The number of benzene rings is 2. The van der Waals surface area contributed by atoms with Gasteiger partial charge in [-0.3, -0.25) is 10.6 Å². The first-order valence-corrected chi connectivity index (χ1v) is 10.9. The van der Waals surface area contributed by atoms with E-state index in [1.807, 2.05) is 14.1 Å². The molecular weight excluding hydrogens is 457 g/mol. The van der Waals surface area contributed by atoms with Gasteiger partial charge in [-0.25, -0.2) is 23.2 Å². The van der Waals surface area contributed by atoms with Crippen molar-refractivity contribution in [2.75, 3.05) is 24.5 Å². The lowest BCUT2D eigenvalue weighted by molar-refractivity contribution is 0.219. The third-order valence-corrected chi connectivity index (χ3v) is 6.28. The minimum atomic E-state index is -1.21. The molecule has 33 heavy (non-hydrogen) atoms. The van der Waals surface area contributed by atoms with E-state index in [0.717, 1.165) is 43.9 Å². The van der Waals surface area contributed by atoms with Crippen molar-refractivity contribution in [3.63, 3.8) is 0 Å². The van der Waals surface area contributed by atoms with Gasteiger partial charge in [0.1, 0.15) is 11.3 Å². The van der Waals surface area contributed by atoms with Crippen molar-refractivity contribution in [1.29, 1.82) is 5.41 Å². The summed E-state index contributed by atoms with van der Waals surface area (Å²) in [6, 6.07) is 4.66. The van der Waals surface area contributed by atoms with Crippen LogP contribution >= 0.6 is 11.6 Å². The van der Waals surface area contributed by atoms with Crippen LogP contribution in [0.25, 0.3) is 11.0 Å². The summed E-state index contributed by atoms with van der Waals surface area (Å²) in [5, 5.41) is 22.2. The molecule has 0 radical (unpaired) electrons. The molecule has 0 unspecified atom stereocenters.